The Balaban J connectivity index is 2.94. The molecule has 0 aliphatic rings. The van der Waals surface area contributed by atoms with Gasteiger partial charge in [0.05, 0.1) is 13.2 Å². The smallest absolute Gasteiger partial charge is 0.351 e. The van der Waals surface area contributed by atoms with Crippen molar-refractivity contribution in [3.8, 4) is 0 Å². The van der Waals surface area contributed by atoms with E-state index in [1.807, 2.05) is 0 Å². The lowest BCUT2D eigenvalue weighted by molar-refractivity contribution is -0.00567. The van der Waals surface area contributed by atoms with Gasteiger partial charge in [-0.1, -0.05) is 0 Å². The Bertz CT molecular complexity index is 389. The number of nitrogens with zero attached hydrogens (tertiary/aromatic N) is 2. The first-order chi connectivity index (χ1) is 7.06. The molecule has 1 unspecified atom stereocenters. The molecule has 6 nitrogen and oxygen atoms in total. The summed E-state index contributed by atoms with van der Waals surface area (Å²) < 4.78 is 6.52. The predicted octanol–water partition coefficient (Wildman–Crippen LogP) is -0.339. The largest absolute Gasteiger partial charge is 0.394 e. The highest BCUT2D eigenvalue weighted by molar-refractivity contribution is 5.35. The zero-order chi connectivity index (χ0) is 11.4. The predicted molar refractivity (Wildman–Crippen MR) is 55.4 cm³/mol. The molecule has 0 saturated heterocycles. The maximum atomic E-state index is 11.4. The molecule has 84 valence electrons. The van der Waals surface area contributed by atoms with E-state index in [4.69, 9.17) is 15.6 Å². The van der Waals surface area contributed by atoms with E-state index in [1.165, 1.54) is 4.57 Å². The number of aromatic nitrogens is 2. The van der Waals surface area contributed by atoms with Crippen LogP contribution in [-0.2, 0) is 4.74 Å². The Labute approximate surface area is 87.3 Å². The van der Waals surface area contributed by atoms with Crippen LogP contribution >= 0.6 is 0 Å². The second-order valence-corrected chi connectivity index (χ2v) is 3.19. The maximum absolute atomic E-state index is 11.4. The van der Waals surface area contributed by atoms with Crippen LogP contribution in [0.3, 0.4) is 0 Å². The molecule has 1 atom stereocenters. The number of aliphatic hydroxyl groups excluding tert-OH is 1. The van der Waals surface area contributed by atoms with Gasteiger partial charge in [0.1, 0.15) is 12.0 Å². The fraction of sp³-hybridized carbons (Fsp3) is 0.556. The van der Waals surface area contributed by atoms with Crippen LogP contribution in [-0.4, -0.2) is 27.9 Å². The second-order valence-electron chi connectivity index (χ2n) is 3.19. The SMILES string of the molecule is Cc1cn(C(C)OCCO)c(=O)nc1N. The Hall–Kier alpha value is -1.40. The molecule has 0 radical (unpaired) electrons. The quantitative estimate of drug-likeness (QED) is 0.714. The highest BCUT2D eigenvalue weighted by atomic mass is 16.5. The van der Waals surface area contributed by atoms with E-state index in [-0.39, 0.29) is 19.0 Å². The van der Waals surface area contributed by atoms with Crippen molar-refractivity contribution in [2.45, 2.75) is 20.1 Å². The molecule has 0 saturated carbocycles. The Morgan fingerprint density at radius 3 is 3.00 bits per heavy atom. The highest BCUT2D eigenvalue weighted by Gasteiger charge is 2.09. The Kier molecular flexibility index (Phi) is 3.81. The van der Waals surface area contributed by atoms with Gasteiger partial charge in [-0.25, -0.2) is 4.79 Å². The van der Waals surface area contributed by atoms with Crippen molar-refractivity contribution in [1.29, 1.82) is 0 Å². The molecule has 0 fully saturated rings. The Morgan fingerprint density at radius 2 is 2.40 bits per heavy atom. The third-order valence-corrected chi connectivity index (χ3v) is 2.02. The lowest BCUT2D eigenvalue weighted by Gasteiger charge is -2.15. The average molecular weight is 213 g/mol. The minimum atomic E-state index is -0.462. The van der Waals surface area contributed by atoms with Crippen LogP contribution in [0.15, 0.2) is 11.0 Å². The summed E-state index contributed by atoms with van der Waals surface area (Å²) in [4.78, 5) is 15.1. The maximum Gasteiger partial charge on any atom is 0.351 e. The van der Waals surface area contributed by atoms with E-state index in [0.29, 0.717) is 5.56 Å². The van der Waals surface area contributed by atoms with Gasteiger partial charge in [-0.3, -0.25) is 4.57 Å². The van der Waals surface area contributed by atoms with Crippen molar-refractivity contribution in [3.05, 3.63) is 22.2 Å². The van der Waals surface area contributed by atoms with E-state index in [2.05, 4.69) is 4.98 Å². The van der Waals surface area contributed by atoms with E-state index in [1.54, 1.807) is 20.0 Å². The fourth-order valence-corrected chi connectivity index (χ4v) is 1.14. The van der Waals surface area contributed by atoms with E-state index in [0.717, 1.165) is 0 Å². The van der Waals surface area contributed by atoms with Crippen molar-refractivity contribution < 1.29 is 9.84 Å². The number of ether oxygens (including phenoxy) is 1. The van der Waals surface area contributed by atoms with Crippen LogP contribution < -0.4 is 11.4 Å². The van der Waals surface area contributed by atoms with Gasteiger partial charge in [0, 0.05) is 11.8 Å². The van der Waals surface area contributed by atoms with Gasteiger partial charge in [-0.15, -0.1) is 0 Å². The summed E-state index contributed by atoms with van der Waals surface area (Å²) in [6.07, 6.45) is 1.13. The van der Waals surface area contributed by atoms with Gasteiger partial charge in [0.25, 0.3) is 0 Å². The Morgan fingerprint density at radius 1 is 1.73 bits per heavy atom. The molecule has 0 aromatic carbocycles. The first kappa shape index (κ1) is 11.7. The number of hydrogen-bond donors (Lipinski definition) is 2. The lowest BCUT2D eigenvalue weighted by Crippen LogP contribution is -2.28. The van der Waals surface area contributed by atoms with Gasteiger partial charge < -0.3 is 15.6 Å². The van der Waals surface area contributed by atoms with Gasteiger partial charge in [0.2, 0.25) is 0 Å². The number of rotatable bonds is 4. The molecule has 0 amide bonds. The van der Waals surface area contributed by atoms with Crippen LogP contribution in [0.4, 0.5) is 5.82 Å². The van der Waals surface area contributed by atoms with E-state index in [9.17, 15) is 4.79 Å². The fourth-order valence-electron chi connectivity index (χ4n) is 1.14. The molecule has 1 aromatic rings. The van der Waals surface area contributed by atoms with Crippen LogP contribution in [0.5, 0.6) is 0 Å². The lowest BCUT2D eigenvalue weighted by atomic mass is 10.3. The molecule has 0 aliphatic heterocycles. The van der Waals surface area contributed by atoms with Crippen molar-refractivity contribution in [2.24, 2.45) is 0 Å². The van der Waals surface area contributed by atoms with Gasteiger partial charge in [0.15, 0.2) is 0 Å². The van der Waals surface area contributed by atoms with Crippen molar-refractivity contribution in [1.82, 2.24) is 9.55 Å². The molecule has 6 heteroatoms. The zero-order valence-electron chi connectivity index (χ0n) is 8.80. The van der Waals surface area contributed by atoms with Gasteiger partial charge >= 0.3 is 5.69 Å². The molecule has 0 bridgehead atoms. The molecule has 0 spiro atoms. The van der Waals surface area contributed by atoms with Crippen molar-refractivity contribution >= 4 is 5.82 Å². The normalized spacial score (nSPS) is 12.7. The molecule has 1 aromatic heterocycles. The second kappa shape index (κ2) is 4.90. The number of aryl methyl sites for hydroxylation is 1. The molecule has 1 rings (SSSR count). The number of nitrogen functional groups attached to an aromatic ring is 1. The van der Waals surface area contributed by atoms with Crippen LogP contribution in [0, 0.1) is 6.92 Å². The molecule has 15 heavy (non-hydrogen) atoms. The molecular formula is C9H15N3O3. The molecule has 3 N–H and O–H groups in total. The number of aliphatic hydroxyl groups is 1. The highest BCUT2D eigenvalue weighted by Crippen LogP contribution is 2.08. The topological polar surface area (TPSA) is 90.4 Å². The van der Waals surface area contributed by atoms with Crippen LogP contribution in [0.1, 0.15) is 18.7 Å². The minimum Gasteiger partial charge on any atom is -0.394 e. The average Bonchev–Trinajstić information content (AvgIpc) is 2.20. The van der Waals surface area contributed by atoms with E-state index >= 15 is 0 Å². The third kappa shape index (κ3) is 2.77. The van der Waals surface area contributed by atoms with Crippen molar-refractivity contribution in [3.63, 3.8) is 0 Å². The summed E-state index contributed by atoms with van der Waals surface area (Å²) in [5.41, 5.74) is 5.75. The van der Waals surface area contributed by atoms with E-state index < -0.39 is 11.9 Å². The monoisotopic (exact) mass is 213 g/mol. The number of nitrogens with two attached hydrogens (primary N) is 1. The molecular weight excluding hydrogens is 198 g/mol. The first-order valence-corrected chi connectivity index (χ1v) is 4.64. The van der Waals surface area contributed by atoms with Crippen molar-refractivity contribution in [2.75, 3.05) is 18.9 Å². The zero-order valence-corrected chi connectivity index (χ0v) is 8.80. The summed E-state index contributed by atoms with van der Waals surface area (Å²) in [7, 11) is 0. The summed E-state index contributed by atoms with van der Waals surface area (Å²) in [6.45, 7) is 3.56. The number of anilines is 1. The molecule has 1 heterocycles. The van der Waals surface area contributed by atoms with Crippen LogP contribution in [0.2, 0.25) is 0 Å². The minimum absolute atomic E-state index is 0.0829. The summed E-state index contributed by atoms with van der Waals surface area (Å²) in [6, 6.07) is 0. The molecule has 0 aliphatic carbocycles. The van der Waals surface area contributed by atoms with Gasteiger partial charge in [-0.05, 0) is 13.8 Å². The first-order valence-electron chi connectivity index (χ1n) is 4.64. The third-order valence-electron chi connectivity index (χ3n) is 2.02. The number of hydrogen-bond acceptors (Lipinski definition) is 5. The van der Waals surface area contributed by atoms with Gasteiger partial charge in [-0.2, -0.15) is 4.98 Å². The summed E-state index contributed by atoms with van der Waals surface area (Å²) >= 11 is 0. The standard InChI is InChI=1S/C9H15N3O3/c1-6-5-12(7(2)15-4-3-13)9(14)11-8(6)10/h5,7,13H,3-4H2,1-2H3,(H2,10,11,14). The van der Waals surface area contributed by atoms with Crippen LogP contribution in [0.25, 0.3) is 0 Å². The summed E-state index contributed by atoms with van der Waals surface area (Å²) in [5, 5.41) is 8.58. The summed E-state index contributed by atoms with van der Waals surface area (Å²) in [5.74, 6) is 0.227.